The van der Waals surface area contributed by atoms with Gasteiger partial charge < -0.3 is 35.3 Å². The molecule has 11 heteroatoms. The van der Waals surface area contributed by atoms with Crippen molar-refractivity contribution in [3.63, 3.8) is 0 Å². The van der Waals surface area contributed by atoms with E-state index in [0.29, 0.717) is 5.57 Å². The van der Waals surface area contributed by atoms with Crippen molar-refractivity contribution >= 4 is 23.9 Å². The highest BCUT2D eigenvalue weighted by Crippen LogP contribution is 2.46. The quantitative estimate of drug-likeness (QED) is 0.145. The van der Waals surface area contributed by atoms with Crippen LogP contribution in [0.5, 0.6) is 0 Å². The number of hydrogen-bond donors (Lipinski definition) is 3. The normalized spacial score (nSPS) is 21.4. The maximum absolute atomic E-state index is 12.9. The van der Waals surface area contributed by atoms with Gasteiger partial charge in [-0.1, -0.05) is 38.0 Å². The van der Waals surface area contributed by atoms with E-state index in [0.717, 1.165) is 0 Å². The lowest BCUT2D eigenvalue weighted by Gasteiger charge is -2.44. The molecule has 0 aromatic rings. The van der Waals surface area contributed by atoms with Gasteiger partial charge in [0.05, 0.1) is 18.1 Å². The summed E-state index contributed by atoms with van der Waals surface area (Å²) in [7, 11) is 0. The molecule has 2 rings (SSSR count). The molecule has 2 aliphatic heterocycles. The van der Waals surface area contributed by atoms with Crippen LogP contribution in [0.25, 0.3) is 0 Å². The molecule has 0 aliphatic carbocycles. The van der Waals surface area contributed by atoms with Gasteiger partial charge in [-0.05, 0) is 18.9 Å². The van der Waals surface area contributed by atoms with Crippen molar-refractivity contribution in [3.05, 3.63) is 49.2 Å². The zero-order chi connectivity index (χ0) is 25.4. The van der Waals surface area contributed by atoms with Gasteiger partial charge in [0.15, 0.2) is 0 Å². The van der Waals surface area contributed by atoms with E-state index in [1.54, 1.807) is 0 Å². The summed E-state index contributed by atoms with van der Waals surface area (Å²) in [5.41, 5.74) is 6.47. The molecule has 0 bridgehead atoms. The zero-order valence-electron chi connectivity index (χ0n) is 19.1. The molecule has 2 heterocycles. The number of ether oxygens (including phenoxy) is 3. The zero-order valence-corrected chi connectivity index (χ0v) is 19.1. The molecular weight excluding hydrogens is 446 g/mol. The molecule has 2 aliphatic rings. The second-order valence-electron chi connectivity index (χ2n) is 7.83. The number of nitrogens with two attached hydrogens (primary N) is 1. The van der Waals surface area contributed by atoms with Gasteiger partial charge in [0.1, 0.15) is 31.6 Å². The van der Waals surface area contributed by atoms with Crippen molar-refractivity contribution in [2.45, 2.75) is 31.5 Å². The number of esters is 2. The summed E-state index contributed by atoms with van der Waals surface area (Å²) in [6, 6.07) is -1.81. The Morgan fingerprint density at radius 3 is 2.32 bits per heavy atom. The number of nitrogens with zero attached hydrogens (tertiary/aromatic N) is 1. The summed E-state index contributed by atoms with van der Waals surface area (Å²) in [6.45, 7) is 11.5. The number of aliphatic hydroxyl groups excluding tert-OH is 1. The summed E-state index contributed by atoms with van der Waals surface area (Å²) in [4.78, 5) is 51.5. The van der Waals surface area contributed by atoms with E-state index in [9.17, 15) is 24.3 Å². The Balaban J connectivity index is 2.43. The van der Waals surface area contributed by atoms with E-state index < -0.39 is 54.0 Å². The first-order chi connectivity index (χ1) is 16.2. The van der Waals surface area contributed by atoms with E-state index in [1.807, 2.05) is 0 Å². The minimum atomic E-state index is -1.30. The van der Waals surface area contributed by atoms with Crippen LogP contribution in [0.15, 0.2) is 49.2 Å². The topological polar surface area (TPSA) is 157 Å². The minimum absolute atomic E-state index is 0.0355. The van der Waals surface area contributed by atoms with E-state index in [1.165, 1.54) is 30.1 Å². The van der Waals surface area contributed by atoms with E-state index in [4.69, 9.17) is 19.9 Å². The SMILES string of the molecule is C=CCOC(=O)NCC(C1=C(C(=O)OCC=C)N2C(=O)[C@H]([C@@H](C)O)[C@H]2C1)C(N)C(=O)OCC=C. The summed E-state index contributed by atoms with van der Waals surface area (Å²) in [5, 5.41) is 12.6. The third kappa shape index (κ3) is 5.72. The van der Waals surface area contributed by atoms with Crippen molar-refractivity contribution in [1.82, 2.24) is 10.2 Å². The molecule has 2 amide bonds. The van der Waals surface area contributed by atoms with Crippen molar-refractivity contribution in [3.8, 4) is 0 Å². The number of aliphatic hydroxyl groups is 1. The van der Waals surface area contributed by atoms with E-state index in [-0.39, 0.29) is 38.5 Å². The Bertz CT molecular complexity index is 881. The highest BCUT2D eigenvalue weighted by atomic mass is 16.5. The van der Waals surface area contributed by atoms with Crippen LogP contribution in [0.4, 0.5) is 4.79 Å². The number of carbonyl (C=O) groups is 4. The van der Waals surface area contributed by atoms with Gasteiger partial charge in [0, 0.05) is 12.5 Å². The molecule has 1 saturated heterocycles. The van der Waals surface area contributed by atoms with Gasteiger partial charge in [-0.15, -0.1) is 0 Å². The predicted octanol–water partition coefficient (Wildman–Crippen LogP) is 0.166. The number of carbonyl (C=O) groups excluding carboxylic acids is 4. The Kier molecular flexibility index (Phi) is 9.58. The first kappa shape index (κ1) is 26.8. The molecule has 186 valence electrons. The summed E-state index contributed by atoms with van der Waals surface area (Å²) in [5.74, 6) is -3.70. The van der Waals surface area contributed by atoms with Crippen LogP contribution in [0.1, 0.15) is 13.3 Å². The van der Waals surface area contributed by atoms with Crippen molar-refractivity contribution < 1.29 is 38.5 Å². The molecule has 0 aromatic carbocycles. The van der Waals surface area contributed by atoms with Crippen LogP contribution in [-0.2, 0) is 28.6 Å². The average Bonchev–Trinajstić information content (AvgIpc) is 3.13. The smallest absolute Gasteiger partial charge is 0.407 e. The highest BCUT2D eigenvalue weighted by molar-refractivity contribution is 6.00. The van der Waals surface area contributed by atoms with Crippen LogP contribution in [0.2, 0.25) is 0 Å². The summed E-state index contributed by atoms with van der Waals surface area (Å²) in [6.07, 6.45) is 2.54. The molecular formula is C23H31N3O8. The number of β-lactam (4-membered cyclic amide) rings is 1. The molecule has 0 radical (unpaired) electrons. The number of hydrogen-bond acceptors (Lipinski definition) is 9. The standard InChI is InChI=1S/C23H31N3O8/c1-5-8-32-21(29)18(24)15(12-25-23(31)34-10-7-3)14-11-16-17(13(4)27)20(28)26(16)19(14)22(30)33-9-6-2/h5-7,13,15-18,27H,1-3,8-12,24H2,4H3,(H,25,31)/t13-,15?,16-,17-,18?/m1/s1. The van der Waals surface area contributed by atoms with Crippen molar-refractivity contribution in [2.75, 3.05) is 26.4 Å². The fourth-order valence-electron chi connectivity index (χ4n) is 4.07. The largest absolute Gasteiger partial charge is 0.460 e. The average molecular weight is 478 g/mol. The van der Waals surface area contributed by atoms with Crippen LogP contribution >= 0.6 is 0 Å². The Hall–Kier alpha value is -3.44. The Morgan fingerprint density at radius 2 is 1.74 bits per heavy atom. The molecule has 4 N–H and O–H groups in total. The van der Waals surface area contributed by atoms with E-state index in [2.05, 4.69) is 25.1 Å². The Labute approximate surface area is 197 Å². The first-order valence-corrected chi connectivity index (χ1v) is 10.8. The molecule has 34 heavy (non-hydrogen) atoms. The molecule has 5 atom stereocenters. The Morgan fingerprint density at radius 1 is 1.15 bits per heavy atom. The highest BCUT2D eigenvalue weighted by Gasteiger charge is 2.58. The number of nitrogens with one attached hydrogen (secondary N) is 1. The fourth-order valence-corrected chi connectivity index (χ4v) is 4.07. The molecule has 1 fully saturated rings. The van der Waals surface area contributed by atoms with Crippen LogP contribution < -0.4 is 11.1 Å². The molecule has 2 unspecified atom stereocenters. The van der Waals surface area contributed by atoms with Gasteiger partial charge >= 0.3 is 18.0 Å². The summed E-state index contributed by atoms with van der Waals surface area (Å²) >= 11 is 0. The lowest BCUT2D eigenvalue weighted by molar-refractivity contribution is -0.162. The van der Waals surface area contributed by atoms with Crippen molar-refractivity contribution in [2.24, 2.45) is 17.6 Å². The fraction of sp³-hybridized carbons (Fsp3) is 0.478. The molecule has 0 saturated carbocycles. The second-order valence-corrected chi connectivity index (χ2v) is 7.83. The molecule has 0 spiro atoms. The van der Waals surface area contributed by atoms with Gasteiger partial charge in [-0.25, -0.2) is 9.59 Å². The monoisotopic (exact) mass is 477 g/mol. The predicted molar refractivity (Wildman–Crippen MR) is 121 cm³/mol. The van der Waals surface area contributed by atoms with Gasteiger partial charge in [-0.3, -0.25) is 9.59 Å². The first-order valence-electron chi connectivity index (χ1n) is 10.8. The van der Waals surface area contributed by atoms with Gasteiger partial charge in [0.2, 0.25) is 5.91 Å². The summed E-state index contributed by atoms with van der Waals surface area (Å²) < 4.78 is 15.1. The lowest BCUT2D eigenvalue weighted by Crippen LogP contribution is -2.61. The van der Waals surface area contributed by atoms with Gasteiger partial charge in [-0.2, -0.15) is 0 Å². The third-order valence-electron chi connectivity index (χ3n) is 5.58. The molecule has 11 nitrogen and oxygen atoms in total. The van der Waals surface area contributed by atoms with E-state index >= 15 is 0 Å². The van der Waals surface area contributed by atoms with Crippen molar-refractivity contribution in [1.29, 1.82) is 0 Å². The van der Waals surface area contributed by atoms with Crippen LogP contribution in [0, 0.1) is 11.8 Å². The number of rotatable bonds is 13. The van der Waals surface area contributed by atoms with Crippen LogP contribution in [0.3, 0.4) is 0 Å². The maximum Gasteiger partial charge on any atom is 0.407 e. The number of alkyl carbamates (subject to hydrolysis) is 1. The number of fused-ring (bicyclic) bond motifs is 1. The maximum atomic E-state index is 12.9. The number of amides is 2. The minimum Gasteiger partial charge on any atom is -0.460 e. The van der Waals surface area contributed by atoms with Gasteiger partial charge in [0.25, 0.3) is 0 Å². The lowest BCUT2D eigenvalue weighted by atomic mass is 9.81. The third-order valence-corrected chi connectivity index (χ3v) is 5.58. The second kappa shape index (κ2) is 12.1. The van der Waals surface area contributed by atoms with Crippen LogP contribution in [-0.4, -0.2) is 78.5 Å². The molecule has 0 aromatic heterocycles.